The third kappa shape index (κ3) is 2.79. The van der Waals surface area contributed by atoms with Crippen molar-refractivity contribution in [1.82, 2.24) is 24.6 Å². The van der Waals surface area contributed by atoms with Gasteiger partial charge in [-0.2, -0.15) is 5.10 Å². The molecule has 0 aliphatic carbocycles. The molecule has 3 heterocycles. The lowest BCUT2D eigenvalue weighted by atomic mass is 9.93. The standard InChI is InChI=1S/C18H21N5O2/c1-12-19-17-11-21(7-8-23(17)20-12)18(25)16-9-14-5-3-4-6-15(14)10-22(16)13(2)24/h3-6,16H,7-11H2,1-2H3/t16-/m0/s1. The molecule has 0 bridgehead atoms. The first-order valence-electron chi connectivity index (χ1n) is 8.56. The Balaban J connectivity index is 1.59. The van der Waals surface area contributed by atoms with Crippen LogP contribution in [-0.4, -0.2) is 49.0 Å². The Morgan fingerprint density at radius 2 is 1.88 bits per heavy atom. The summed E-state index contributed by atoms with van der Waals surface area (Å²) in [5.41, 5.74) is 2.27. The maximum atomic E-state index is 13.2. The normalized spacial score (nSPS) is 19.4. The monoisotopic (exact) mass is 339 g/mol. The summed E-state index contributed by atoms with van der Waals surface area (Å²) >= 11 is 0. The van der Waals surface area contributed by atoms with Gasteiger partial charge in [-0.05, 0) is 18.1 Å². The van der Waals surface area contributed by atoms with Crippen LogP contribution >= 0.6 is 0 Å². The summed E-state index contributed by atoms with van der Waals surface area (Å²) in [7, 11) is 0. The summed E-state index contributed by atoms with van der Waals surface area (Å²) in [5, 5.41) is 4.33. The molecule has 0 unspecified atom stereocenters. The molecule has 7 nitrogen and oxygen atoms in total. The Kier molecular flexibility index (Phi) is 3.78. The van der Waals surface area contributed by atoms with Crippen LogP contribution in [0, 0.1) is 6.92 Å². The van der Waals surface area contributed by atoms with Crippen LogP contribution in [-0.2, 0) is 35.6 Å². The van der Waals surface area contributed by atoms with E-state index in [1.807, 2.05) is 35.9 Å². The molecule has 0 saturated heterocycles. The molecule has 0 saturated carbocycles. The fraction of sp³-hybridized carbons (Fsp3) is 0.444. The lowest BCUT2D eigenvalue weighted by Crippen LogP contribution is -2.54. The molecule has 0 radical (unpaired) electrons. The summed E-state index contributed by atoms with van der Waals surface area (Å²) in [6.45, 7) is 5.57. The third-order valence-electron chi connectivity index (χ3n) is 5.02. The maximum absolute atomic E-state index is 13.2. The number of rotatable bonds is 1. The fourth-order valence-corrected chi connectivity index (χ4v) is 3.73. The van der Waals surface area contributed by atoms with Crippen LogP contribution in [0.25, 0.3) is 0 Å². The minimum absolute atomic E-state index is 0.00314. The van der Waals surface area contributed by atoms with E-state index in [0.717, 1.165) is 22.8 Å². The molecule has 2 aliphatic heterocycles. The molecule has 0 fully saturated rings. The van der Waals surface area contributed by atoms with E-state index in [9.17, 15) is 9.59 Å². The lowest BCUT2D eigenvalue weighted by Gasteiger charge is -2.39. The van der Waals surface area contributed by atoms with E-state index >= 15 is 0 Å². The number of nitrogens with zero attached hydrogens (tertiary/aromatic N) is 5. The van der Waals surface area contributed by atoms with Crippen molar-refractivity contribution in [2.45, 2.75) is 45.9 Å². The molecule has 7 heteroatoms. The molecule has 1 atom stereocenters. The number of aromatic nitrogens is 3. The Morgan fingerprint density at radius 1 is 1.12 bits per heavy atom. The van der Waals surface area contributed by atoms with Gasteiger partial charge in [0, 0.05) is 26.4 Å². The zero-order valence-electron chi connectivity index (χ0n) is 14.5. The van der Waals surface area contributed by atoms with Gasteiger partial charge in [-0.3, -0.25) is 9.59 Å². The largest absolute Gasteiger partial charge is 0.332 e. The van der Waals surface area contributed by atoms with E-state index in [0.29, 0.717) is 32.6 Å². The summed E-state index contributed by atoms with van der Waals surface area (Å²) in [6, 6.07) is 7.58. The van der Waals surface area contributed by atoms with Gasteiger partial charge in [0.15, 0.2) is 0 Å². The van der Waals surface area contributed by atoms with Gasteiger partial charge in [0.2, 0.25) is 11.8 Å². The Morgan fingerprint density at radius 3 is 2.64 bits per heavy atom. The van der Waals surface area contributed by atoms with Gasteiger partial charge >= 0.3 is 0 Å². The van der Waals surface area contributed by atoms with Gasteiger partial charge in [0.05, 0.1) is 13.1 Å². The topological polar surface area (TPSA) is 71.3 Å². The molecule has 130 valence electrons. The molecule has 1 aromatic heterocycles. The van der Waals surface area contributed by atoms with E-state index in [1.54, 1.807) is 9.80 Å². The van der Waals surface area contributed by atoms with Crippen LogP contribution in [0.2, 0.25) is 0 Å². The van der Waals surface area contributed by atoms with E-state index < -0.39 is 6.04 Å². The zero-order valence-corrected chi connectivity index (χ0v) is 14.5. The SMILES string of the molecule is CC(=O)N1Cc2ccccc2C[C@H]1C(=O)N1CCn2nc(C)nc2C1. The first-order chi connectivity index (χ1) is 12.0. The Labute approximate surface area is 146 Å². The van der Waals surface area contributed by atoms with Crippen LogP contribution in [0.4, 0.5) is 0 Å². The van der Waals surface area contributed by atoms with Crippen molar-refractivity contribution >= 4 is 11.8 Å². The molecular formula is C18H21N5O2. The van der Waals surface area contributed by atoms with Crippen molar-refractivity contribution in [3.05, 3.63) is 47.0 Å². The van der Waals surface area contributed by atoms with Crippen LogP contribution in [0.1, 0.15) is 29.7 Å². The number of aryl methyl sites for hydroxylation is 1. The number of hydrogen-bond donors (Lipinski definition) is 0. The minimum atomic E-state index is -0.442. The molecular weight excluding hydrogens is 318 g/mol. The van der Waals surface area contributed by atoms with E-state index in [4.69, 9.17) is 0 Å². The lowest BCUT2D eigenvalue weighted by molar-refractivity contribution is -0.147. The van der Waals surface area contributed by atoms with Crippen LogP contribution in [0.5, 0.6) is 0 Å². The third-order valence-corrected chi connectivity index (χ3v) is 5.02. The second-order valence-electron chi connectivity index (χ2n) is 6.69. The number of amides is 2. The van der Waals surface area contributed by atoms with Crippen LogP contribution in [0.15, 0.2) is 24.3 Å². The van der Waals surface area contributed by atoms with Gasteiger partial charge in [-0.15, -0.1) is 0 Å². The molecule has 1 aromatic carbocycles. The quantitative estimate of drug-likeness (QED) is 0.774. The summed E-state index contributed by atoms with van der Waals surface area (Å²) in [4.78, 5) is 33.2. The smallest absolute Gasteiger partial charge is 0.246 e. The van der Waals surface area contributed by atoms with Gasteiger partial charge in [0.25, 0.3) is 0 Å². The molecule has 0 N–H and O–H groups in total. The zero-order chi connectivity index (χ0) is 17.6. The number of benzene rings is 1. The second kappa shape index (κ2) is 5.98. The average Bonchev–Trinajstić information content (AvgIpc) is 2.99. The van der Waals surface area contributed by atoms with Crippen molar-refractivity contribution < 1.29 is 9.59 Å². The highest BCUT2D eigenvalue weighted by Gasteiger charge is 2.36. The van der Waals surface area contributed by atoms with Gasteiger partial charge in [-0.1, -0.05) is 24.3 Å². The van der Waals surface area contributed by atoms with Crippen molar-refractivity contribution in [2.24, 2.45) is 0 Å². The molecule has 2 aliphatic rings. The van der Waals surface area contributed by atoms with E-state index in [1.165, 1.54) is 6.92 Å². The van der Waals surface area contributed by atoms with Crippen LogP contribution < -0.4 is 0 Å². The Bertz CT molecular complexity index is 844. The van der Waals surface area contributed by atoms with Crippen molar-refractivity contribution in [1.29, 1.82) is 0 Å². The number of fused-ring (bicyclic) bond motifs is 2. The highest BCUT2D eigenvalue weighted by Crippen LogP contribution is 2.25. The molecule has 4 rings (SSSR count). The fourth-order valence-electron chi connectivity index (χ4n) is 3.73. The number of hydrogen-bond acceptors (Lipinski definition) is 4. The Hall–Kier alpha value is -2.70. The van der Waals surface area contributed by atoms with Gasteiger partial charge in [-0.25, -0.2) is 9.67 Å². The summed E-state index contributed by atoms with van der Waals surface area (Å²) in [5.74, 6) is 1.46. The molecule has 25 heavy (non-hydrogen) atoms. The summed E-state index contributed by atoms with van der Waals surface area (Å²) < 4.78 is 1.86. The van der Waals surface area contributed by atoms with Crippen molar-refractivity contribution in [3.63, 3.8) is 0 Å². The van der Waals surface area contributed by atoms with Gasteiger partial charge in [0.1, 0.15) is 17.7 Å². The van der Waals surface area contributed by atoms with Crippen molar-refractivity contribution in [2.75, 3.05) is 6.54 Å². The molecule has 0 spiro atoms. The average molecular weight is 339 g/mol. The first kappa shape index (κ1) is 15.8. The molecule has 2 aromatic rings. The van der Waals surface area contributed by atoms with Gasteiger partial charge < -0.3 is 9.80 Å². The van der Waals surface area contributed by atoms with Crippen LogP contribution in [0.3, 0.4) is 0 Å². The van der Waals surface area contributed by atoms with E-state index in [2.05, 4.69) is 10.1 Å². The highest BCUT2D eigenvalue weighted by molar-refractivity contribution is 5.87. The second-order valence-corrected chi connectivity index (χ2v) is 6.69. The predicted octanol–water partition coefficient (Wildman–Crippen LogP) is 0.902. The summed E-state index contributed by atoms with van der Waals surface area (Å²) in [6.07, 6.45) is 0.566. The van der Waals surface area contributed by atoms with Crippen molar-refractivity contribution in [3.8, 4) is 0 Å². The first-order valence-corrected chi connectivity index (χ1v) is 8.56. The number of carbonyl (C=O) groups excluding carboxylic acids is 2. The maximum Gasteiger partial charge on any atom is 0.246 e. The molecule has 2 amide bonds. The number of carbonyl (C=O) groups is 2. The predicted molar refractivity (Wildman–Crippen MR) is 90.3 cm³/mol. The minimum Gasteiger partial charge on any atom is -0.332 e. The van der Waals surface area contributed by atoms with E-state index in [-0.39, 0.29) is 11.8 Å². The highest BCUT2D eigenvalue weighted by atomic mass is 16.2.